The van der Waals surface area contributed by atoms with E-state index in [4.69, 9.17) is 5.11 Å². The Morgan fingerprint density at radius 2 is 1.90 bits per heavy atom. The van der Waals surface area contributed by atoms with E-state index < -0.39 is 5.97 Å². The Balaban J connectivity index is 1.84. The summed E-state index contributed by atoms with van der Waals surface area (Å²) in [6, 6.07) is 2.55. The number of carbonyl (C=O) groups is 1. The van der Waals surface area contributed by atoms with Gasteiger partial charge in [0.2, 0.25) is 0 Å². The molecule has 4 heteroatoms. The van der Waals surface area contributed by atoms with Gasteiger partial charge in [0.25, 0.3) is 0 Å². The Morgan fingerprint density at radius 3 is 2.52 bits per heavy atom. The van der Waals surface area contributed by atoms with Crippen molar-refractivity contribution in [2.24, 2.45) is 22.2 Å². The largest absolute Gasteiger partial charge is 0.478 e. The van der Waals surface area contributed by atoms with Crippen LogP contribution >= 0.6 is 0 Å². The van der Waals surface area contributed by atoms with Gasteiger partial charge in [-0.25, -0.2) is 4.79 Å². The Labute approximate surface area is 125 Å². The van der Waals surface area contributed by atoms with E-state index >= 15 is 0 Å². The third kappa shape index (κ3) is 2.28. The standard InChI is InChI=1S/C17H23NO3/c1-12(14(20)21)2-3-15-4-13-5-16(7-15,10-18)9-17(6-13,8-15)11-19/h13,19H,1-9,11H2,(H,20,21). The van der Waals surface area contributed by atoms with Gasteiger partial charge >= 0.3 is 5.97 Å². The molecule has 4 aliphatic rings. The first-order valence-corrected chi connectivity index (χ1v) is 7.79. The van der Waals surface area contributed by atoms with Crippen molar-refractivity contribution in [1.82, 2.24) is 0 Å². The van der Waals surface area contributed by atoms with Gasteiger partial charge in [0.15, 0.2) is 0 Å². The lowest BCUT2D eigenvalue weighted by Gasteiger charge is -2.64. The Morgan fingerprint density at radius 1 is 1.24 bits per heavy atom. The summed E-state index contributed by atoms with van der Waals surface area (Å²) in [5.41, 5.74) is -0.0855. The highest BCUT2D eigenvalue weighted by Crippen LogP contribution is 2.70. The number of aliphatic carboxylic acids is 1. The van der Waals surface area contributed by atoms with Crippen molar-refractivity contribution in [3.63, 3.8) is 0 Å². The maximum atomic E-state index is 11.0. The lowest BCUT2D eigenvalue weighted by Crippen LogP contribution is -2.57. The molecule has 0 aromatic heterocycles. The van der Waals surface area contributed by atoms with Crippen LogP contribution in [0.15, 0.2) is 12.2 Å². The van der Waals surface area contributed by atoms with E-state index in [1.807, 2.05) is 0 Å². The van der Waals surface area contributed by atoms with Gasteiger partial charge in [-0.05, 0) is 68.1 Å². The molecule has 4 fully saturated rings. The fraction of sp³-hybridized carbons (Fsp3) is 0.765. The number of hydrogen-bond acceptors (Lipinski definition) is 3. The molecule has 0 spiro atoms. The molecule has 0 aliphatic heterocycles. The fourth-order valence-electron chi connectivity index (χ4n) is 5.95. The summed E-state index contributed by atoms with van der Waals surface area (Å²) < 4.78 is 0. The predicted octanol–water partition coefficient (Wildman–Crippen LogP) is 2.88. The third-order valence-corrected chi connectivity index (χ3v) is 6.13. The lowest BCUT2D eigenvalue weighted by atomic mass is 9.39. The molecule has 0 aromatic carbocycles. The second-order valence-corrected chi connectivity index (χ2v) is 7.97. The normalized spacial score (nSPS) is 43.5. The number of carboxylic acid groups (broad SMARTS) is 1. The van der Waals surface area contributed by atoms with Crippen molar-refractivity contribution < 1.29 is 15.0 Å². The van der Waals surface area contributed by atoms with E-state index in [2.05, 4.69) is 12.6 Å². The van der Waals surface area contributed by atoms with Crippen LogP contribution in [0.3, 0.4) is 0 Å². The van der Waals surface area contributed by atoms with Gasteiger partial charge in [-0.1, -0.05) is 6.58 Å². The molecule has 4 rings (SSSR count). The number of nitriles is 1. The molecule has 0 heterocycles. The minimum Gasteiger partial charge on any atom is -0.478 e. The van der Waals surface area contributed by atoms with Gasteiger partial charge in [0.1, 0.15) is 0 Å². The molecule has 114 valence electrons. The van der Waals surface area contributed by atoms with Gasteiger partial charge < -0.3 is 10.2 Å². The van der Waals surface area contributed by atoms with Crippen molar-refractivity contribution in [2.75, 3.05) is 6.61 Å². The van der Waals surface area contributed by atoms with Crippen LogP contribution < -0.4 is 0 Å². The highest BCUT2D eigenvalue weighted by molar-refractivity contribution is 5.85. The first-order valence-electron chi connectivity index (χ1n) is 7.79. The monoisotopic (exact) mass is 289 g/mol. The van der Waals surface area contributed by atoms with Crippen molar-refractivity contribution in [3.05, 3.63) is 12.2 Å². The molecule has 21 heavy (non-hydrogen) atoms. The average Bonchev–Trinajstić information content (AvgIpc) is 2.43. The van der Waals surface area contributed by atoms with Crippen molar-refractivity contribution in [3.8, 4) is 6.07 Å². The SMILES string of the molecule is C=C(CCC12CC3CC(C#N)(CC(CO)(C3)C1)C2)C(=O)O. The molecule has 2 N–H and O–H groups in total. The quantitative estimate of drug-likeness (QED) is 0.762. The van der Waals surface area contributed by atoms with Gasteiger partial charge in [-0.2, -0.15) is 5.26 Å². The van der Waals surface area contributed by atoms with Crippen LogP contribution in [0, 0.1) is 33.5 Å². The first kappa shape index (κ1) is 14.6. The van der Waals surface area contributed by atoms with Crippen molar-refractivity contribution in [1.29, 1.82) is 5.26 Å². The fourth-order valence-corrected chi connectivity index (χ4v) is 5.95. The summed E-state index contributed by atoms with van der Waals surface area (Å²) in [4.78, 5) is 11.0. The zero-order chi connectivity index (χ0) is 15.3. The number of nitrogens with zero attached hydrogens (tertiary/aromatic N) is 1. The zero-order valence-electron chi connectivity index (χ0n) is 12.4. The molecular weight excluding hydrogens is 266 g/mol. The molecule has 0 saturated heterocycles. The van der Waals surface area contributed by atoms with Crippen LogP contribution in [0.5, 0.6) is 0 Å². The van der Waals surface area contributed by atoms with Gasteiger partial charge in [-0.3, -0.25) is 0 Å². The van der Waals surface area contributed by atoms with E-state index in [1.165, 1.54) is 0 Å². The van der Waals surface area contributed by atoms with Gasteiger partial charge in [0.05, 0.1) is 11.5 Å². The van der Waals surface area contributed by atoms with E-state index in [-0.39, 0.29) is 28.4 Å². The molecular formula is C17H23NO3. The Bertz CT molecular complexity index is 537. The zero-order valence-corrected chi connectivity index (χ0v) is 12.4. The summed E-state index contributed by atoms with van der Waals surface area (Å²) in [6.07, 6.45) is 7.02. The molecule has 0 radical (unpaired) electrons. The van der Waals surface area contributed by atoms with Gasteiger partial charge in [0, 0.05) is 12.2 Å². The van der Waals surface area contributed by atoms with Crippen LogP contribution in [-0.2, 0) is 4.79 Å². The average molecular weight is 289 g/mol. The maximum absolute atomic E-state index is 11.0. The second-order valence-electron chi connectivity index (χ2n) is 7.97. The second kappa shape index (κ2) is 4.58. The molecule has 0 amide bonds. The molecule has 4 saturated carbocycles. The Hall–Kier alpha value is -1.34. The van der Waals surface area contributed by atoms with E-state index in [0.29, 0.717) is 12.3 Å². The minimum atomic E-state index is -0.924. The van der Waals surface area contributed by atoms with Crippen LogP contribution in [0.1, 0.15) is 51.4 Å². The summed E-state index contributed by atoms with van der Waals surface area (Å²) in [7, 11) is 0. The van der Waals surface area contributed by atoms with Crippen LogP contribution in [0.25, 0.3) is 0 Å². The van der Waals surface area contributed by atoms with Crippen LogP contribution in [0.2, 0.25) is 0 Å². The number of hydrogen-bond donors (Lipinski definition) is 2. The number of aliphatic hydroxyl groups is 1. The van der Waals surface area contributed by atoms with Crippen LogP contribution in [0.4, 0.5) is 0 Å². The topological polar surface area (TPSA) is 81.3 Å². The number of carboxylic acids is 1. The van der Waals surface area contributed by atoms with Gasteiger partial charge in [-0.15, -0.1) is 0 Å². The van der Waals surface area contributed by atoms with Crippen molar-refractivity contribution >= 4 is 5.97 Å². The highest BCUT2D eigenvalue weighted by atomic mass is 16.4. The minimum absolute atomic E-state index is 0.0380. The molecule has 4 atom stereocenters. The smallest absolute Gasteiger partial charge is 0.330 e. The molecule has 4 nitrogen and oxygen atoms in total. The molecule has 0 aromatic rings. The maximum Gasteiger partial charge on any atom is 0.330 e. The summed E-state index contributed by atoms with van der Waals surface area (Å²) in [5.74, 6) is -0.405. The van der Waals surface area contributed by atoms with E-state index in [0.717, 1.165) is 44.9 Å². The summed E-state index contributed by atoms with van der Waals surface area (Å²) in [6.45, 7) is 3.79. The highest BCUT2D eigenvalue weighted by Gasteiger charge is 2.63. The van der Waals surface area contributed by atoms with E-state index in [9.17, 15) is 15.2 Å². The number of rotatable bonds is 5. The summed E-state index contributed by atoms with van der Waals surface area (Å²) >= 11 is 0. The van der Waals surface area contributed by atoms with Crippen molar-refractivity contribution in [2.45, 2.75) is 51.4 Å². The Kier molecular flexibility index (Phi) is 3.18. The third-order valence-electron chi connectivity index (χ3n) is 6.13. The van der Waals surface area contributed by atoms with E-state index in [1.54, 1.807) is 0 Å². The predicted molar refractivity (Wildman–Crippen MR) is 77.2 cm³/mol. The molecule has 4 unspecified atom stereocenters. The lowest BCUT2D eigenvalue weighted by molar-refractivity contribution is -0.156. The summed E-state index contributed by atoms with van der Waals surface area (Å²) in [5, 5.41) is 28.6. The van der Waals surface area contributed by atoms with Crippen LogP contribution in [-0.4, -0.2) is 22.8 Å². The molecule has 4 aliphatic carbocycles. The number of aliphatic hydroxyl groups excluding tert-OH is 1. The molecule has 4 bridgehead atoms. The first-order chi connectivity index (χ1) is 9.86.